The lowest BCUT2D eigenvalue weighted by Crippen LogP contribution is -2.30. The molecule has 0 atom stereocenters. The van der Waals surface area contributed by atoms with Crippen molar-refractivity contribution in [3.8, 4) is 0 Å². The molecule has 0 saturated heterocycles. The summed E-state index contributed by atoms with van der Waals surface area (Å²) in [6.07, 6.45) is 6.44. The van der Waals surface area contributed by atoms with Crippen LogP contribution in [0.1, 0.15) is 39.2 Å². The van der Waals surface area contributed by atoms with Crippen LogP contribution in [0.5, 0.6) is 0 Å². The van der Waals surface area contributed by atoms with E-state index >= 15 is 0 Å². The van der Waals surface area contributed by atoms with E-state index in [9.17, 15) is 14.3 Å². The zero-order valence-corrected chi connectivity index (χ0v) is 16.6. The Balaban J connectivity index is 1.96. The zero-order chi connectivity index (χ0) is 19.2. The third-order valence-electron chi connectivity index (χ3n) is 4.25. The molecule has 1 heterocycles. The van der Waals surface area contributed by atoms with Gasteiger partial charge in [-0.2, -0.15) is 0 Å². The molecule has 0 fully saturated rings. The van der Waals surface area contributed by atoms with E-state index in [1.807, 2.05) is 6.08 Å². The second-order valence-electron chi connectivity index (χ2n) is 7.76. The van der Waals surface area contributed by atoms with Crippen molar-refractivity contribution in [3.63, 3.8) is 0 Å². The number of halogens is 1. The summed E-state index contributed by atoms with van der Waals surface area (Å²) >= 11 is 1.61. The molecule has 1 aliphatic heterocycles. The molecule has 26 heavy (non-hydrogen) atoms. The van der Waals surface area contributed by atoms with Crippen LogP contribution < -0.4 is 0 Å². The van der Waals surface area contributed by atoms with E-state index in [0.717, 1.165) is 48.7 Å². The molecule has 0 spiro atoms. The molecule has 0 saturated carbocycles. The summed E-state index contributed by atoms with van der Waals surface area (Å²) in [4.78, 5) is 13.8. The summed E-state index contributed by atoms with van der Waals surface area (Å²) < 4.78 is 13.0. The minimum absolute atomic E-state index is 0.211. The second-order valence-corrected chi connectivity index (χ2v) is 8.85. The van der Waals surface area contributed by atoms with Gasteiger partial charge in [-0.25, -0.2) is 9.18 Å². The molecule has 1 aromatic carbocycles. The van der Waals surface area contributed by atoms with Crippen LogP contribution in [0.15, 0.2) is 47.0 Å². The van der Waals surface area contributed by atoms with Crippen molar-refractivity contribution in [2.24, 2.45) is 5.41 Å². The van der Waals surface area contributed by atoms with Gasteiger partial charge >= 0.3 is 5.97 Å². The first kappa shape index (κ1) is 20.6. The van der Waals surface area contributed by atoms with Gasteiger partial charge in [0, 0.05) is 13.1 Å². The van der Waals surface area contributed by atoms with Crippen molar-refractivity contribution in [3.05, 3.63) is 58.4 Å². The molecule has 1 aliphatic rings. The number of carbonyl (C=O) groups is 1. The molecule has 2 rings (SSSR count). The van der Waals surface area contributed by atoms with Gasteiger partial charge in [-0.1, -0.05) is 39.0 Å². The highest BCUT2D eigenvalue weighted by molar-refractivity contribution is 8.03. The molecule has 0 amide bonds. The molecule has 0 bridgehead atoms. The fourth-order valence-corrected chi connectivity index (χ4v) is 3.85. The SMILES string of the molecule is CC(C)(C)CCN1CC=CC(C(=O)O)=C1SCCCc1ccc(F)cc1. The first-order valence-corrected chi connectivity index (χ1v) is 10.0. The van der Waals surface area contributed by atoms with Crippen molar-refractivity contribution in [2.75, 3.05) is 18.8 Å². The van der Waals surface area contributed by atoms with Crippen LogP contribution in [-0.4, -0.2) is 34.8 Å². The Hall–Kier alpha value is -1.75. The maximum Gasteiger partial charge on any atom is 0.338 e. The maximum atomic E-state index is 13.0. The highest BCUT2D eigenvalue weighted by atomic mass is 32.2. The molecule has 1 aromatic rings. The smallest absolute Gasteiger partial charge is 0.338 e. The van der Waals surface area contributed by atoms with E-state index in [4.69, 9.17) is 0 Å². The normalized spacial score (nSPS) is 14.8. The van der Waals surface area contributed by atoms with Crippen LogP contribution >= 0.6 is 11.8 Å². The van der Waals surface area contributed by atoms with Crippen molar-refractivity contribution in [1.29, 1.82) is 0 Å². The number of aliphatic carboxylic acids is 1. The molecule has 0 unspecified atom stereocenters. The number of benzene rings is 1. The Morgan fingerprint density at radius 3 is 2.58 bits per heavy atom. The third-order valence-corrected chi connectivity index (χ3v) is 5.50. The Morgan fingerprint density at radius 2 is 1.96 bits per heavy atom. The second kappa shape index (κ2) is 9.26. The largest absolute Gasteiger partial charge is 0.478 e. The van der Waals surface area contributed by atoms with Crippen LogP contribution in [-0.2, 0) is 11.2 Å². The predicted molar refractivity (Wildman–Crippen MR) is 107 cm³/mol. The molecule has 0 aliphatic carbocycles. The molecule has 0 radical (unpaired) electrons. The van der Waals surface area contributed by atoms with E-state index in [2.05, 4.69) is 25.7 Å². The number of thioether (sulfide) groups is 1. The summed E-state index contributed by atoms with van der Waals surface area (Å²) in [7, 11) is 0. The monoisotopic (exact) mass is 377 g/mol. The van der Waals surface area contributed by atoms with Crippen molar-refractivity contribution >= 4 is 17.7 Å². The van der Waals surface area contributed by atoms with Crippen LogP contribution in [0.2, 0.25) is 0 Å². The molecule has 5 heteroatoms. The van der Waals surface area contributed by atoms with Gasteiger partial charge < -0.3 is 10.0 Å². The zero-order valence-electron chi connectivity index (χ0n) is 15.8. The minimum Gasteiger partial charge on any atom is -0.478 e. The highest BCUT2D eigenvalue weighted by Gasteiger charge is 2.22. The van der Waals surface area contributed by atoms with E-state index < -0.39 is 5.97 Å². The van der Waals surface area contributed by atoms with Crippen molar-refractivity contribution in [2.45, 2.75) is 40.0 Å². The maximum absolute atomic E-state index is 13.0. The Morgan fingerprint density at radius 1 is 1.27 bits per heavy atom. The Labute approximate surface area is 160 Å². The number of carboxylic acids is 1. The fraction of sp³-hybridized carbons (Fsp3) is 0.476. The minimum atomic E-state index is -0.872. The molecule has 0 aromatic heterocycles. The van der Waals surface area contributed by atoms with Gasteiger partial charge in [0.1, 0.15) is 5.82 Å². The van der Waals surface area contributed by atoms with Gasteiger partial charge in [-0.15, -0.1) is 11.8 Å². The Bertz CT molecular complexity index is 674. The van der Waals surface area contributed by atoms with Crippen molar-refractivity contribution < 1.29 is 14.3 Å². The van der Waals surface area contributed by atoms with Gasteiger partial charge in [-0.05, 0) is 54.2 Å². The Kier molecular flexibility index (Phi) is 7.33. The molecule has 1 N–H and O–H groups in total. The summed E-state index contributed by atoms with van der Waals surface area (Å²) in [5.74, 6) is -0.255. The van der Waals surface area contributed by atoms with Crippen LogP contribution in [0.3, 0.4) is 0 Å². The lowest BCUT2D eigenvalue weighted by Gasteiger charge is -2.32. The highest BCUT2D eigenvalue weighted by Crippen LogP contribution is 2.31. The van der Waals surface area contributed by atoms with Gasteiger partial charge in [0.25, 0.3) is 0 Å². The van der Waals surface area contributed by atoms with Crippen LogP contribution in [0.25, 0.3) is 0 Å². The standard InChI is InChI=1S/C21H28FNO2S/c1-21(2,3)12-14-23-13-4-7-18(20(24)25)19(23)26-15-5-6-16-8-10-17(22)11-9-16/h4,7-11H,5-6,12-15H2,1-3H3,(H,24,25). The van der Waals surface area contributed by atoms with Gasteiger partial charge in [0.05, 0.1) is 10.6 Å². The van der Waals surface area contributed by atoms with Gasteiger partial charge in [0.15, 0.2) is 0 Å². The van der Waals surface area contributed by atoms with Gasteiger partial charge in [-0.3, -0.25) is 0 Å². The van der Waals surface area contributed by atoms with Crippen LogP contribution in [0, 0.1) is 11.2 Å². The quantitative estimate of drug-likeness (QED) is 0.640. The van der Waals surface area contributed by atoms with E-state index in [1.165, 1.54) is 12.1 Å². The first-order valence-electron chi connectivity index (χ1n) is 9.02. The fourth-order valence-electron chi connectivity index (χ4n) is 2.71. The average Bonchev–Trinajstić information content (AvgIpc) is 2.58. The molecular formula is C21H28FNO2S. The average molecular weight is 378 g/mol. The summed E-state index contributed by atoms with van der Waals surface area (Å²) in [5, 5.41) is 10.4. The number of rotatable bonds is 8. The molecular weight excluding hydrogens is 349 g/mol. The topological polar surface area (TPSA) is 40.5 Å². The molecule has 142 valence electrons. The van der Waals surface area contributed by atoms with Crippen LogP contribution in [0.4, 0.5) is 4.39 Å². The summed E-state index contributed by atoms with van der Waals surface area (Å²) in [6, 6.07) is 6.57. The summed E-state index contributed by atoms with van der Waals surface area (Å²) in [6.45, 7) is 8.20. The first-order chi connectivity index (χ1) is 12.3. The lowest BCUT2D eigenvalue weighted by molar-refractivity contribution is -0.132. The predicted octanol–water partition coefficient (Wildman–Crippen LogP) is 5.10. The number of aryl methyl sites for hydroxylation is 1. The van der Waals surface area contributed by atoms with Crippen molar-refractivity contribution in [1.82, 2.24) is 4.90 Å². The summed E-state index contributed by atoms with van der Waals surface area (Å²) in [5.41, 5.74) is 1.70. The number of hydrogen-bond donors (Lipinski definition) is 1. The third kappa shape index (κ3) is 6.52. The molecule has 3 nitrogen and oxygen atoms in total. The van der Waals surface area contributed by atoms with Gasteiger partial charge in [0.2, 0.25) is 0 Å². The number of nitrogens with zero attached hydrogens (tertiary/aromatic N) is 1. The number of carboxylic acid groups (broad SMARTS) is 1. The lowest BCUT2D eigenvalue weighted by atomic mass is 9.92. The van der Waals surface area contributed by atoms with E-state index in [-0.39, 0.29) is 11.2 Å². The number of hydrogen-bond acceptors (Lipinski definition) is 3. The van der Waals surface area contributed by atoms with E-state index in [0.29, 0.717) is 5.57 Å². The van der Waals surface area contributed by atoms with E-state index in [1.54, 1.807) is 30.0 Å².